The van der Waals surface area contributed by atoms with Crippen LogP contribution >= 0.6 is 23.2 Å². The van der Waals surface area contributed by atoms with Crippen LogP contribution in [0, 0.1) is 0 Å². The van der Waals surface area contributed by atoms with Crippen LogP contribution in [0.2, 0.25) is 5.02 Å². The normalized spacial score (nSPS) is 11.6. The summed E-state index contributed by atoms with van der Waals surface area (Å²) >= 11 is 11.8. The highest BCUT2D eigenvalue weighted by Gasteiger charge is 2.30. The smallest absolute Gasteiger partial charge is 0.420 e. The number of ether oxygens (including phenoxy) is 2. The minimum Gasteiger partial charge on any atom is -0.463 e. The second-order valence-corrected chi connectivity index (χ2v) is 9.01. The van der Waals surface area contributed by atoms with Gasteiger partial charge in [-0.3, -0.25) is 9.36 Å². The molecule has 0 atom stereocenters. The molecule has 5 aromatic rings. The third-order valence-electron chi connectivity index (χ3n) is 5.70. The summed E-state index contributed by atoms with van der Waals surface area (Å²) in [5.74, 6) is -1.05. The van der Waals surface area contributed by atoms with E-state index in [4.69, 9.17) is 37.1 Å². The first kappa shape index (κ1) is 27.3. The van der Waals surface area contributed by atoms with Gasteiger partial charge in [0.15, 0.2) is 5.58 Å². The van der Waals surface area contributed by atoms with Gasteiger partial charge in [0.05, 0.1) is 28.2 Å². The molecule has 2 heterocycles. The van der Waals surface area contributed by atoms with Crippen molar-refractivity contribution in [1.82, 2.24) is 14.5 Å². The minimum absolute atomic E-state index is 0.0215. The fourth-order valence-electron chi connectivity index (χ4n) is 3.87. The molecule has 0 spiro atoms. The first-order valence-corrected chi connectivity index (χ1v) is 12.4. The molecule has 206 valence electrons. The van der Waals surface area contributed by atoms with Crippen LogP contribution in [0.4, 0.5) is 24.7 Å². The van der Waals surface area contributed by atoms with E-state index < -0.39 is 23.5 Å². The van der Waals surface area contributed by atoms with Crippen molar-refractivity contribution in [3.05, 3.63) is 82.1 Å². The monoisotopic (exact) mass is 592 g/mol. The average Bonchev–Trinajstić information content (AvgIpc) is 3.22. The number of esters is 1. The Labute approximate surface area is 233 Å². The van der Waals surface area contributed by atoms with E-state index in [-0.39, 0.29) is 41.1 Å². The van der Waals surface area contributed by atoms with Gasteiger partial charge in [0.1, 0.15) is 36.1 Å². The molecular weight excluding hydrogens is 576 g/mol. The lowest BCUT2D eigenvalue weighted by Gasteiger charge is -2.13. The van der Waals surface area contributed by atoms with E-state index in [2.05, 4.69) is 15.3 Å². The molecular formula is C26H17Cl2F3N4O5. The lowest BCUT2D eigenvalue weighted by molar-refractivity contribution is -0.141. The van der Waals surface area contributed by atoms with Gasteiger partial charge in [-0.1, -0.05) is 17.7 Å². The Balaban J connectivity index is 1.41. The number of benzene rings is 3. The van der Waals surface area contributed by atoms with Gasteiger partial charge >= 0.3 is 17.9 Å². The van der Waals surface area contributed by atoms with Crippen LogP contribution in [0.5, 0.6) is 11.5 Å². The van der Waals surface area contributed by atoms with Gasteiger partial charge in [-0.25, -0.2) is 14.8 Å². The average molecular weight is 593 g/mol. The summed E-state index contributed by atoms with van der Waals surface area (Å²) in [6.45, 7) is -0.0404. The Morgan fingerprint density at radius 2 is 1.93 bits per heavy atom. The van der Waals surface area contributed by atoms with Gasteiger partial charge in [0, 0.05) is 17.1 Å². The van der Waals surface area contributed by atoms with Gasteiger partial charge in [0.2, 0.25) is 0 Å². The molecule has 0 amide bonds. The van der Waals surface area contributed by atoms with E-state index in [0.717, 1.165) is 12.1 Å². The highest BCUT2D eigenvalue weighted by atomic mass is 35.5. The lowest BCUT2D eigenvalue weighted by Crippen LogP contribution is -2.19. The van der Waals surface area contributed by atoms with Gasteiger partial charge in [-0.2, -0.15) is 13.2 Å². The predicted molar refractivity (Wildman–Crippen MR) is 142 cm³/mol. The molecule has 0 aliphatic carbocycles. The quantitative estimate of drug-likeness (QED) is 0.160. The standard InChI is InChI=1S/C26H17Cl2F3N4O5/c27-12-23(36)38-7-6-35-20-10-17-19(11-22(20)40-25(35)37)32-13-33-24(17)34-15-4-5-21(18(28)9-15)39-16-3-1-2-14(8-16)26(29,30)31/h1-5,8-11,13H,6-7,12H2,(H,32,33,34). The molecule has 2 aromatic heterocycles. The zero-order valence-electron chi connectivity index (χ0n) is 20.2. The number of anilines is 2. The Kier molecular flexibility index (Phi) is 7.55. The van der Waals surface area contributed by atoms with Crippen molar-refractivity contribution in [3.63, 3.8) is 0 Å². The number of hydrogen-bond donors (Lipinski definition) is 1. The van der Waals surface area contributed by atoms with Crippen molar-refractivity contribution < 1.29 is 31.9 Å². The van der Waals surface area contributed by atoms with Crippen molar-refractivity contribution >= 4 is 62.7 Å². The van der Waals surface area contributed by atoms with Crippen molar-refractivity contribution in [2.24, 2.45) is 0 Å². The Bertz CT molecular complexity index is 1790. The number of fused-ring (bicyclic) bond motifs is 2. The van der Waals surface area contributed by atoms with Gasteiger partial charge < -0.3 is 19.2 Å². The second-order valence-electron chi connectivity index (χ2n) is 8.33. The van der Waals surface area contributed by atoms with Crippen molar-refractivity contribution in [3.8, 4) is 11.5 Å². The fraction of sp³-hybridized carbons (Fsp3) is 0.154. The van der Waals surface area contributed by atoms with Crippen LogP contribution in [0.3, 0.4) is 0 Å². The molecule has 1 N–H and O–H groups in total. The summed E-state index contributed by atoms with van der Waals surface area (Å²) < 4.78 is 56.2. The zero-order valence-corrected chi connectivity index (χ0v) is 21.7. The maximum Gasteiger partial charge on any atom is 0.420 e. The van der Waals surface area contributed by atoms with E-state index in [0.29, 0.717) is 27.9 Å². The van der Waals surface area contributed by atoms with Crippen LogP contribution in [0.1, 0.15) is 5.56 Å². The maximum absolute atomic E-state index is 13.0. The first-order chi connectivity index (χ1) is 19.1. The molecule has 0 bridgehead atoms. The summed E-state index contributed by atoms with van der Waals surface area (Å²) in [6, 6.07) is 12.3. The number of aromatic nitrogens is 3. The molecule has 0 saturated carbocycles. The topological polar surface area (TPSA) is 108 Å². The van der Waals surface area contributed by atoms with Crippen molar-refractivity contribution in [2.75, 3.05) is 17.8 Å². The Hall–Kier alpha value is -4.29. The lowest BCUT2D eigenvalue weighted by atomic mass is 10.2. The van der Waals surface area contributed by atoms with Crippen LogP contribution in [0.25, 0.3) is 22.0 Å². The molecule has 3 aromatic carbocycles. The third-order valence-corrected chi connectivity index (χ3v) is 6.21. The molecule has 5 rings (SSSR count). The largest absolute Gasteiger partial charge is 0.463 e. The fourth-order valence-corrected chi connectivity index (χ4v) is 4.17. The Morgan fingerprint density at radius 3 is 2.67 bits per heavy atom. The highest BCUT2D eigenvalue weighted by molar-refractivity contribution is 6.32. The second kappa shape index (κ2) is 11.1. The minimum atomic E-state index is -4.51. The molecule has 0 aliphatic heterocycles. The molecule has 14 heteroatoms. The molecule has 40 heavy (non-hydrogen) atoms. The van der Waals surface area contributed by atoms with Crippen molar-refractivity contribution in [1.29, 1.82) is 0 Å². The molecule has 0 radical (unpaired) electrons. The maximum atomic E-state index is 13.0. The van der Waals surface area contributed by atoms with E-state index in [9.17, 15) is 22.8 Å². The van der Waals surface area contributed by atoms with E-state index in [1.807, 2.05) is 0 Å². The van der Waals surface area contributed by atoms with Crippen LogP contribution in [-0.2, 0) is 22.3 Å². The van der Waals surface area contributed by atoms with Gasteiger partial charge in [-0.15, -0.1) is 11.6 Å². The van der Waals surface area contributed by atoms with Crippen molar-refractivity contribution in [2.45, 2.75) is 12.7 Å². The van der Waals surface area contributed by atoms with Crippen LogP contribution < -0.4 is 15.8 Å². The van der Waals surface area contributed by atoms with E-state index in [1.165, 1.54) is 35.2 Å². The summed E-state index contributed by atoms with van der Waals surface area (Å²) in [7, 11) is 0. The number of hydrogen-bond acceptors (Lipinski definition) is 8. The number of nitrogens with one attached hydrogen (secondary N) is 1. The molecule has 9 nitrogen and oxygen atoms in total. The van der Waals surface area contributed by atoms with Gasteiger partial charge in [-0.05, 0) is 42.5 Å². The summed E-state index contributed by atoms with van der Waals surface area (Å²) in [6.07, 6.45) is -3.19. The van der Waals surface area contributed by atoms with Crippen LogP contribution in [0.15, 0.2) is 70.1 Å². The molecule has 0 unspecified atom stereocenters. The summed E-state index contributed by atoms with van der Waals surface area (Å²) in [5.41, 5.74) is 0.850. The number of halogens is 5. The molecule has 0 aliphatic rings. The number of oxazole rings is 1. The van der Waals surface area contributed by atoms with Gasteiger partial charge in [0.25, 0.3) is 0 Å². The number of carbonyl (C=O) groups is 1. The van der Waals surface area contributed by atoms with E-state index in [1.54, 1.807) is 18.2 Å². The molecule has 0 saturated heterocycles. The number of alkyl halides is 4. The third kappa shape index (κ3) is 5.82. The van der Waals surface area contributed by atoms with Crippen LogP contribution in [-0.4, -0.2) is 33.0 Å². The summed E-state index contributed by atoms with van der Waals surface area (Å²) in [4.78, 5) is 32.3. The number of rotatable bonds is 8. The summed E-state index contributed by atoms with van der Waals surface area (Å²) in [5, 5.41) is 3.80. The molecule has 0 fully saturated rings. The SMILES string of the molecule is O=C(CCl)OCCn1c(=O)oc2cc3ncnc(Nc4ccc(Oc5cccc(C(F)(F)F)c5)c(Cl)c4)c3cc21. The Morgan fingerprint density at radius 1 is 1.10 bits per heavy atom. The predicted octanol–water partition coefficient (Wildman–Crippen LogP) is 6.53. The first-order valence-electron chi connectivity index (χ1n) is 11.5. The highest BCUT2D eigenvalue weighted by Crippen LogP contribution is 2.36. The zero-order chi connectivity index (χ0) is 28.4. The van der Waals surface area contributed by atoms with E-state index >= 15 is 0 Å². The number of carbonyl (C=O) groups excluding carboxylic acids is 1. The number of nitrogens with zero attached hydrogens (tertiary/aromatic N) is 3.